The summed E-state index contributed by atoms with van der Waals surface area (Å²) in [6, 6.07) is 7.92. The van der Waals surface area contributed by atoms with E-state index in [0.29, 0.717) is 18.5 Å². The van der Waals surface area contributed by atoms with Gasteiger partial charge in [0.2, 0.25) is 0 Å². The highest BCUT2D eigenvalue weighted by atomic mass is 35.5. The van der Waals surface area contributed by atoms with Gasteiger partial charge in [-0.05, 0) is 38.1 Å². The molecule has 0 atom stereocenters. The summed E-state index contributed by atoms with van der Waals surface area (Å²) < 4.78 is 5.43. The second-order valence-corrected chi connectivity index (χ2v) is 4.08. The maximum Gasteiger partial charge on any atom is 0.179 e. The van der Waals surface area contributed by atoms with Crippen molar-refractivity contribution in [2.24, 2.45) is 0 Å². The predicted molar refractivity (Wildman–Crippen MR) is 63.7 cm³/mol. The predicted octanol–water partition coefficient (Wildman–Crippen LogP) is 3.33. The number of hydrogen-bond acceptors (Lipinski definition) is 2. The minimum atomic E-state index is 0.330. The molecular weight excluding hydrogens is 210 g/mol. The molecule has 0 heterocycles. The van der Waals surface area contributed by atoms with Crippen LogP contribution in [-0.4, -0.2) is 6.04 Å². The van der Waals surface area contributed by atoms with Crippen LogP contribution in [0.4, 0.5) is 0 Å². The van der Waals surface area contributed by atoms with Gasteiger partial charge in [0.05, 0.1) is 0 Å². The number of nitrogens with one attached hydrogen (secondary N) is 1. The molecule has 1 rings (SSSR count). The topological polar surface area (TPSA) is 21.3 Å². The average Bonchev–Trinajstić information content (AvgIpc) is 2.14. The number of hydrogen-bond donors (Lipinski definition) is 1. The SMILES string of the molecule is C=C(NC(C)C)OCc1cccc(Cl)c1. The Labute approximate surface area is 95.9 Å². The van der Waals surface area contributed by atoms with Gasteiger partial charge in [0.1, 0.15) is 6.61 Å². The quantitative estimate of drug-likeness (QED) is 0.777. The molecule has 15 heavy (non-hydrogen) atoms. The van der Waals surface area contributed by atoms with E-state index in [1.165, 1.54) is 0 Å². The van der Waals surface area contributed by atoms with E-state index in [1.54, 1.807) is 0 Å². The van der Waals surface area contributed by atoms with E-state index in [1.807, 2.05) is 38.1 Å². The number of ether oxygens (including phenoxy) is 1. The molecule has 0 aliphatic heterocycles. The normalized spacial score (nSPS) is 10.1. The third-order valence-electron chi connectivity index (χ3n) is 1.75. The molecule has 0 aromatic heterocycles. The molecule has 1 N–H and O–H groups in total. The fourth-order valence-electron chi connectivity index (χ4n) is 1.16. The lowest BCUT2D eigenvalue weighted by atomic mass is 10.2. The lowest BCUT2D eigenvalue weighted by molar-refractivity contribution is 0.174. The van der Waals surface area contributed by atoms with Crippen LogP contribution < -0.4 is 5.32 Å². The van der Waals surface area contributed by atoms with E-state index in [2.05, 4.69) is 11.9 Å². The van der Waals surface area contributed by atoms with Crippen molar-refractivity contribution in [3.05, 3.63) is 47.3 Å². The Morgan fingerprint density at radius 1 is 1.53 bits per heavy atom. The van der Waals surface area contributed by atoms with Crippen LogP contribution in [0.3, 0.4) is 0 Å². The molecule has 1 aromatic carbocycles. The molecule has 1 aromatic rings. The molecule has 0 aliphatic carbocycles. The molecule has 0 amide bonds. The van der Waals surface area contributed by atoms with Gasteiger partial charge in [-0.1, -0.05) is 23.7 Å². The second kappa shape index (κ2) is 5.66. The van der Waals surface area contributed by atoms with Crippen molar-refractivity contribution < 1.29 is 4.74 Å². The highest BCUT2D eigenvalue weighted by Gasteiger charge is 1.98. The molecule has 3 heteroatoms. The Morgan fingerprint density at radius 2 is 2.27 bits per heavy atom. The van der Waals surface area contributed by atoms with Gasteiger partial charge in [-0.3, -0.25) is 0 Å². The van der Waals surface area contributed by atoms with Crippen molar-refractivity contribution in [2.45, 2.75) is 26.5 Å². The molecule has 0 fully saturated rings. The van der Waals surface area contributed by atoms with Gasteiger partial charge in [-0.25, -0.2) is 0 Å². The zero-order chi connectivity index (χ0) is 11.3. The Hall–Kier alpha value is -1.15. The van der Waals surface area contributed by atoms with Gasteiger partial charge in [-0.15, -0.1) is 0 Å². The molecule has 0 bridgehead atoms. The maximum absolute atomic E-state index is 5.85. The lowest BCUT2D eigenvalue weighted by Gasteiger charge is -2.13. The summed E-state index contributed by atoms with van der Waals surface area (Å²) in [5.74, 6) is 0.588. The summed E-state index contributed by atoms with van der Waals surface area (Å²) in [6.45, 7) is 8.32. The van der Waals surface area contributed by atoms with Crippen LogP contribution in [0.15, 0.2) is 36.7 Å². The molecule has 2 nitrogen and oxygen atoms in total. The number of rotatable bonds is 5. The van der Waals surface area contributed by atoms with E-state index in [-0.39, 0.29) is 0 Å². The molecule has 0 saturated heterocycles. The largest absolute Gasteiger partial charge is 0.475 e. The maximum atomic E-state index is 5.85. The monoisotopic (exact) mass is 225 g/mol. The van der Waals surface area contributed by atoms with Crippen LogP contribution >= 0.6 is 11.6 Å². The first-order chi connectivity index (χ1) is 7.08. The fourth-order valence-corrected chi connectivity index (χ4v) is 1.37. The highest BCUT2D eigenvalue weighted by molar-refractivity contribution is 6.30. The van der Waals surface area contributed by atoms with Crippen molar-refractivity contribution in [1.82, 2.24) is 5.32 Å². The number of halogens is 1. The Morgan fingerprint density at radius 3 is 2.87 bits per heavy atom. The van der Waals surface area contributed by atoms with Gasteiger partial charge in [0.15, 0.2) is 5.88 Å². The molecule has 0 unspecified atom stereocenters. The third kappa shape index (κ3) is 4.75. The van der Waals surface area contributed by atoms with E-state index >= 15 is 0 Å². The first-order valence-electron chi connectivity index (χ1n) is 4.90. The van der Waals surface area contributed by atoms with Crippen LogP contribution in [0.5, 0.6) is 0 Å². The van der Waals surface area contributed by atoms with Gasteiger partial charge in [-0.2, -0.15) is 0 Å². The van der Waals surface area contributed by atoms with Gasteiger partial charge in [0.25, 0.3) is 0 Å². The van der Waals surface area contributed by atoms with Crippen LogP contribution in [0, 0.1) is 0 Å². The molecule has 0 aliphatic rings. The molecule has 0 saturated carbocycles. The third-order valence-corrected chi connectivity index (χ3v) is 1.99. The minimum Gasteiger partial charge on any atom is -0.475 e. The highest BCUT2D eigenvalue weighted by Crippen LogP contribution is 2.12. The van der Waals surface area contributed by atoms with Crippen molar-refractivity contribution in [1.29, 1.82) is 0 Å². The molecule has 0 spiro atoms. The van der Waals surface area contributed by atoms with Crippen molar-refractivity contribution in [3.63, 3.8) is 0 Å². The van der Waals surface area contributed by atoms with Crippen molar-refractivity contribution in [3.8, 4) is 0 Å². The van der Waals surface area contributed by atoms with Crippen LogP contribution in [-0.2, 0) is 11.3 Å². The zero-order valence-electron chi connectivity index (χ0n) is 9.09. The summed E-state index contributed by atoms with van der Waals surface area (Å²) in [7, 11) is 0. The second-order valence-electron chi connectivity index (χ2n) is 3.64. The molecule has 0 radical (unpaired) electrons. The Balaban J connectivity index is 2.40. The molecule has 82 valence electrons. The standard InChI is InChI=1S/C12H16ClNO/c1-9(2)14-10(3)15-8-11-5-4-6-12(13)7-11/h4-7,9,14H,3,8H2,1-2H3. The van der Waals surface area contributed by atoms with Gasteiger partial charge >= 0.3 is 0 Å². The Bertz CT molecular complexity index is 336. The zero-order valence-corrected chi connectivity index (χ0v) is 9.84. The van der Waals surface area contributed by atoms with Crippen LogP contribution in [0.25, 0.3) is 0 Å². The van der Waals surface area contributed by atoms with Crippen molar-refractivity contribution >= 4 is 11.6 Å². The van der Waals surface area contributed by atoms with Gasteiger partial charge in [0, 0.05) is 11.1 Å². The van der Waals surface area contributed by atoms with E-state index in [4.69, 9.17) is 16.3 Å². The van der Waals surface area contributed by atoms with Crippen LogP contribution in [0.1, 0.15) is 19.4 Å². The average molecular weight is 226 g/mol. The van der Waals surface area contributed by atoms with Gasteiger partial charge < -0.3 is 10.1 Å². The summed E-state index contributed by atoms with van der Waals surface area (Å²) >= 11 is 5.85. The summed E-state index contributed by atoms with van der Waals surface area (Å²) in [6.07, 6.45) is 0. The number of benzene rings is 1. The smallest absolute Gasteiger partial charge is 0.179 e. The van der Waals surface area contributed by atoms with E-state index < -0.39 is 0 Å². The fraction of sp³-hybridized carbons (Fsp3) is 0.333. The lowest BCUT2D eigenvalue weighted by Crippen LogP contribution is -2.22. The molecular formula is C12H16ClNO. The van der Waals surface area contributed by atoms with E-state index in [9.17, 15) is 0 Å². The first kappa shape index (κ1) is 11.9. The summed E-state index contributed by atoms with van der Waals surface area (Å²) in [5.41, 5.74) is 1.04. The summed E-state index contributed by atoms with van der Waals surface area (Å²) in [5, 5.41) is 3.80. The minimum absolute atomic E-state index is 0.330. The van der Waals surface area contributed by atoms with E-state index in [0.717, 1.165) is 10.6 Å². The first-order valence-corrected chi connectivity index (χ1v) is 5.28. The summed E-state index contributed by atoms with van der Waals surface area (Å²) in [4.78, 5) is 0. The Kier molecular flexibility index (Phi) is 4.50. The van der Waals surface area contributed by atoms with Crippen LogP contribution in [0.2, 0.25) is 5.02 Å². The van der Waals surface area contributed by atoms with Crippen molar-refractivity contribution in [2.75, 3.05) is 0 Å².